The van der Waals surface area contributed by atoms with Gasteiger partial charge in [0.1, 0.15) is 6.04 Å². The van der Waals surface area contributed by atoms with Gasteiger partial charge in [0.25, 0.3) is 0 Å². The molecule has 0 aliphatic rings. The smallest absolute Gasteiger partial charge is 0.326 e. The first kappa shape index (κ1) is 30.0. The van der Waals surface area contributed by atoms with E-state index in [1.165, 1.54) is 0 Å². The minimum Gasteiger partial charge on any atom is -0.480 e. The molecule has 2 amide bonds. The van der Waals surface area contributed by atoms with E-state index in [-0.39, 0.29) is 30.3 Å². The lowest BCUT2D eigenvalue weighted by atomic mass is 9.97. The molecule has 2 rings (SSSR count). The summed E-state index contributed by atoms with van der Waals surface area (Å²) in [5.74, 6) is -0.131. The number of hydrogen-bond donors (Lipinski definition) is 4. The zero-order valence-corrected chi connectivity index (χ0v) is 23.1. The van der Waals surface area contributed by atoms with Gasteiger partial charge >= 0.3 is 5.97 Å². The van der Waals surface area contributed by atoms with Gasteiger partial charge in [0, 0.05) is 25.6 Å². The van der Waals surface area contributed by atoms with Crippen molar-refractivity contribution >= 4 is 52.9 Å². The van der Waals surface area contributed by atoms with Crippen LogP contribution in [-0.2, 0) is 20.9 Å². The van der Waals surface area contributed by atoms with Gasteiger partial charge in [-0.25, -0.2) is 4.79 Å². The number of carbonyl (C=O) groups excluding carboxylic acids is 2. The number of nitrogens with one attached hydrogen (secondary N) is 2. The molecule has 9 heteroatoms. The summed E-state index contributed by atoms with van der Waals surface area (Å²) in [4.78, 5) is 39.1. The minimum absolute atomic E-state index is 0.0294. The lowest BCUT2D eigenvalue weighted by Crippen LogP contribution is -2.51. The second-order valence-corrected chi connectivity index (χ2v) is 10.5. The van der Waals surface area contributed by atoms with Crippen LogP contribution in [0.2, 0.25) is 0 Å². The molecule has 0 fully saturated rings. The third kappa shape index (κ3) is 9.67. The number of carboxylic acids is 1. The molecular weight excluding hydrogens is 494 g/mol. The Kier molecular flexibility index (Phi) is 13.2. The van der Waals surface area contributed by atoms with Gasteiger partial charge in [-0.15, -0.1) is 0 Å². The Hall–Kier alpha value is -2.23. The number of amides is 2. The molecule has 3 N–H and O–H groups in total. The van der Waals surface area contributed by atoms with E-state index in [1.807, 2.05) is 35.4 Å². The largest absolute Gasteiger partial charge is 0.480 e. The van der Waals surface area contributed by atoms with E-state index in [0.717, 1.165) is 22.8 Å². The van der Waals surface area contributed by atoms with Crippen molar-refractivity contribution in [3.05, 3.63) is 48.0 Å². The van der Waals surface area contributed by atoms with Crippen molar-refractivity contribution < 1.29 is 19.5 Å². The number of thiol groups is 1. The van der Waals surface area contributed by atoms with E-state index < -0.39 is 12.0 Å². The number of fused-ring (bicyclic) bond motifs is 1. The SMILES string of the molecule is CC[C@H](C)[C@@H](CN(CC(=O)N[C@@H](CCSC)C(=O)O)Cc1cccc2ccccc12)NC(=O)CCS. The standard InChI is InChI=1S/C27H39N3O4S2/c1-4-19(2)24(29-25(31)12-14-35)17-30(18-26(32)28-23(27(33)34)13-15-36-3)16-21-10-7-9-20-8-5-6-11-22(20)21/h5-11,19,23-24,35H,4,12-18H2,1-3H3,(H,28,32)(H,29,31)(H,33,34)/t19-,23-,24+/m0/s1. The summed E-state index contributed by atoms with van der Waals surface area (Å²) in [6.45, 7) is 5.15. The van der Waals surface area contributed by atoms with Crippen LogP contribution in [0.15, 0.2) is 42.5 Å². The Morgan fingerprint density at radius 2 is 1.81 bits per heavy atom. The second kappa shape index (κ2) is 15.8. The maximum absolute atomic E-state index is 13.0. The number of rotatable bonds is 16. The van der Waals surface area contributed by atoms with Crippen LogP contribution >= 0.6 is 24.4 Å². The number of aliphatic carboxylic acids is 1. The van der Waals surface area contributed by atoms with Crippen LogP contribution in [0, 0.1) is 5.92 Å². The Bertz CT molecular complexity index is 999. The van der Waals surface area contributed by atoms with Crippen LogP contribution in [0.1, 0.15) is 38.7 Å². The Morgan fingerprint density at radius 1 is 1.08 bits per heavy atom. The molecule has 2 aromatic carbocycles. The molecule has 0 aliphatic heterocycles. The number of carbonyl (C=O) groups is 3. The van der Waals surface area contributed by atoms with Crippen LogP contribution in [0.5, 0.6) is 0 Å². The molecule has 0 unspecified atom stereocenters. The summed E-state index contributed by atoms with van der Waals surface area (Å²) < 4.78 is 0. The van der Waals surface area contributed by atoms with Gasteiger partial charge in [-0.3, -0.25) is 14.5 Å². The van der Waals surface area contributed by atoms with Crippen molar-refractivity contribution in [2.45, 2.75) is 51.7 Å². The predicted octanol–water partition coefficient (Wildman–Crippen LogP) is 3.82. The maximum atomic E-state index is 13.0. The summed E-state index contributed by atoms with van der Waals surface area (Å²) in [5.41, 5.74) is 1.07. The van der Waals surface area contributed by atoms with Crippen molar-refractivity contribution in [2.75, 3.05) is 30.9 Å². The first-order chi connectivity index (χ1) is 17.3. The van der Waals surface area contributed by atoms with Crippen molar-refractivity contribution in [2.24, 2.45) is 5.92 Å². The highest BCUT2D eigenvalue weighted by Crippen LogP contribution is 2.21. The topological polar surface area (TPSA) is 98.7 Å². The molecule has 0 bridgehead atoms. The average molecular weight is 534 g/mol. The third-order valence-electron chi connectivity index (χ3n) is 6.36. The molecular formula is C27H39N3O4S2. The third-order valence-corrected chi connectivity index (χ3v) is 7.22. The van der Waals surface area contributed by atoms with Gasteiger partial charge < -0.3 is 15.7 Å². The Balaban J connectivity index is 2.28. The number of hydrogen-bond acceptors (Lipinski definition) is 6. The predicted molar refractivity (Wildman–Crippen MR) is 152 cm³/mol. The number of nitrogens with zero attached hydrogens (tertiary/aromatic N) is 1. The average Bonchev–Trinajstić information content (AvgIpc) is 2.85. The maximum Gasteiger partial charge on any atom is 0.326 e. The molecule has 7 nitrogen and oxygen atoms in total. The van der Waals surface area contributed by atoms with E-state index in [4.69, 9.17) is 0 Å². The zero-order chi connectivity index (χ0) is 26.5. The fourth-order valence-electron chi connectivity index (χ4n) is 4.10. The first-order valence-corrected chi connectivity index (χ1v) is 14.4. The summed E-state index contributed by atoms with van der Waals surface area (Å²) in [7, 11) is 0. The van der Waals surface area contributed by atoms with Crippen molar-refractivity contribution in [3.63, 3.8) is 0 Å². The van der Waals surface area contributed by atoms with E-state index in [2.05, 4.69) is 55.3 Å². The summed E-state index contributed by atoms with van der Waals surface area (Å²) in [5, 5.41) is 17.6. The molecule has 0 heterocycles. The lowest BCUT2D eigenvalue weighted by molar-refractivity contribution is -0.142. The number of thioether (sulfide) groups is 1. The molecule has 0 saturated carbocycles. The van der Waals surface area contributed by atoms with Crippen LogP contribution in [0.4, 0.5) is 0 Å². The van der Waals surface area contributed by atoms with Gasteiger partial charge in [-0.05, 0) is 46.4 Å². The second-order valence-electron chi connectivity index (χ2n) is 9.08. The Labute approximate surface area is 224 Å². The lowest BCUT2D eigenvalue weighted by Gasteiger charge is -2.31. The first-order valence-electron chi connectivity index (χ1n) is 12.4. The van der Waals surface area contributed by atoms with Crippen molar-refractivity contribution in [3.8, 4) is 0 Å². The van der Waals surface area contributed by atoms with Gasteiger partial charge in [0.15, 0.2) is 0 Å². The normalized spacial score (nSPS) is 13.8. The molecule has 2 aromatic rings. The minimum atomic E-state index is -1.03. The van der Waals surface area contributed by atoms with Gasteiger partial charge in [0.05, 0.1) is 6.54 Å². The molecule has 0 saturated heterocycles. The number of carboxylic acid groups (broad SMARTS) is 1. The molecule has 36 heavy (non-hydrogen) atoms. The van der Waals surface area contributed by atoms with Crippen LogP contribution < -0.4 is 10.6 Å². The zero-order valence-electron chi connectivity index (χ0n) is 21.4. The number of benzene rings is 2. The highest BCUT2D eigenvalue weighted by atomic mass is 32.2. The fourth-order valence-corrected chi connectivity index (χ4v) is 4.78. The van der Waals surface area contributed by atoms with Crippen molar-refractivity contribution in [1.29, 1.82) is 0 Å². The quantitative estimate of drug-likeness (QED) is 0.245. The summed E-state index contributed by atoms with van der Waals surface area (Å²) in [6.07, 6.45) is 3.47. The van der Waals surface area contributed by atoms with Gasteiger partial charge in [-0.2, -0.15) is 24.4 Å². The van der Waals surface area contributed by atoms with Crippen LogP contribution in [0.25, 0.3) is 10.8 Å². The van der Waals surface area contributed by atoms with Crippen LogP contribution in [-0.4, -0.2) is 70.7 Å². The summed E-state index contributed by atoms with van der Waals surface area (Å²) >= 11 is 5.72. The summed E-state index contributed by atoms with van der Waals surface area (Å²) in [6, 6.07) is 13.1. The molecule has 0 aliphatic carbocycles. The van der Waals surface area contributed by atoms with E-state index >= 15 is 0 Å². The monoisotopic (exact) mass is 533 g/mol. The molecule has 0 aromatic heterocycles. The van der Waals surface area contributed by atoms with E-state index in [0.29, 0.717) is 37.4 Å². The van der Waals surface area contributed by atoms with Crippen LogP contribution in [0.3, 0.4) is 0 Å². The molecule has 0 radical (unpaired) electrons. The Morgan fingerprint density at radius 3 is 2.47 bits per heavy atom. The molecule has 198 valence electrons. The highest BCUT2D eigenvalue weighted by Gasteiger charge is 2.25. The highest BCUT2D eigenvalue weighted by molar-refractivity contribution is 7.98. The fraction of sp³-hybridized carbons (Fsp3) is 0.519. The van der Waals surface area contributed by atoms with Crippen molar-refractivity contribution in [1.82, 2.24) is 15.5 Å². The van der Waals surface area contributed by atoms with Gasteiger partial charge in [0.2, 0.25) is 11.8 Å². The van der Waals surface area contributed by atoms with E-state index in [1.54, 1.807) is 11.8 Å². The molecule has 0 spiro atoms. The van der Waals surface area contributed by atoms with Gasteiger partial charge in [-0.1, -0.05) is 62.7 Å². The van der Waals surface area contributed by atoms with E-state index in [9.17, 15) is 19.5 Å². The molecule has 3 atom stereocenters.